The molecule has 0 atom stereocenters. The molecule has 0 spiro atoms. The highest BCUT2D eigenvalue weighted by Crippen LogP contribution is 2.37. The maximum atomic E-state index is 5.96. The molecule has 4 nitrogen and oxygen atoms in total. The van der Waals surface area contributed by atoms with Crippen molar-refractivity contribution in [3.63, 3.8) is 0 Å². The molecule has 2 aromatic rings. The van der Waals surface area contributed by atoms with Crippen LogP contribution in [0.1, 0.15) is 25.3 Å². The van der Waals surface area contributed by atoms with Crippen LogP contribution in [0, 0.1) is 0 Å². The van der Waals surface area contributed by atoms with Gasteiger partial charge in [0, 0.05) is 4.47 Å². The molecule has 0 bridgehead atoms. The minimum Gasteiger partial charge on any atom is -0.489 e. The second-order valence-corrected chi connectivity index (χ2v) is 5.72. The summed E-state index contributed by atoms with van der Waals surface area (Å²) in [6.07, 6.45) is 1.34. The molecule has 0 unspecified atom stereocenters. The Kier molecular flexibility index (Phi) is 4.83. The van der Waals surface area contributed by atoms with Gasteiger partial charge >= 0.3 is 0 Å². The van der Waals surface area contributed by atoms with Crippen molar-refractivity contribution in [1.82, 2.24) is 9.97 Å². The molecule has 0 fully saturated rings. The largest absolute Gasteiger partial charge is 0.489 e. The molecule has 0 saturated heterocycles. The van der Waals surface area contributed by atoms with E-state index in [-0.39, 0.29) is 5.15 Å². The predicted molar refractivity (Wildman–Crippen MR) is 81.9 cm³/mol. The van der Waals surface area contributed by atoms with Gasteiger partial charge < -0.3 is 9.47 Å². The molecule has 0 saturated carbocycles. The van der Waals surface area contributed by atoms with Gasteiger partial charge in [-0.1, -0.05) is 41.4 Å². The number of hydrogen-bond donors (Lipinski definition) is 0. The molecule has 0 aliphatic heterocycles. The summed E-state index contributed by atoms with van der Waals surface area (Å²) < 4.78 is 12.0. The number of hydrogen-bond acceptors (Lipinski definition) is 4. The molecule has 1 aromatic heterocycles. The Balaban J connectivity index is 2.42. The van der Waals surface area contributed by atoms with Crippen molar-refractivity contribution in [2.45, 2.75) is 19.8 Å². The van der Waals surface area contributed by atoms with Crippen molar-refractivity contribution < 1.29 is 9.47 Å². The van der Waals surface area contributed by atoms with Crippen LogP contribution in [0.5, 0.6) is 17.4 Å². The fourth-order valence-corrected chi connectivity index (χ4v) is 2.33. The highest BCUT2D eigenvalue weighted by Gasteiger charge is 2.15. The molecule has 106 valence electrons. The Bertz CT molecular complexity index is 620. The van der Waals surface area contributed by atoms with Crippen LogP contribution in [-0.4, -0.2) is 17.1 Å². The number of rotatable bonds is 4. The van der Waals surface area contributed by atoms with Crippen LogP contribution in [0.15, 0.2) is 29.0 Å². The second kappa shape index (κ2) is 6.41. The molecule has 0 aliphatic carbocycles. The minimum absolute atomic E-state index is 0.223. The summed E-state index contributed by atoms with van der Waals surface area (Å²) in [6, 6.07) is 5.82. The lowest BCUT2D eigenvalue weighted by atomic mass is 10.0. The van der Waals surface area contributed by atoms with Gasteiger partial charge in [-0.25, -0.2) is 4.98 Å². The zero-order valence-electron chi connectivity index (χ0n) is 11.4. The second-order valence-electron chi connectivity index (χ2n) is 4.44. The van der Waals surface area contributed by atoms with Gasteiger partial charge in [0.2, 0.25) is 5.75 Å². The van der Waals surface area contributed by atoms with Crippen LogP contribution in [0.4, 0.5) is 0 Å². The van der Waals surface area contributed by atoms with Crippen LogP contribution < -0.4 is 9.47 Å². The number of nitrogens with zero attached hydrogens (tertiary/aromatic N) is 2. The van der Waals surface area contributed by atoms with E-state index in [1.54, 1.807) is 0 Å². The Morgan fingerprint density at radius 2 is 2.00 bits per heavy atom. The van der Waals surface area contributed by atoms with Crippen LogP contribution in [0.25, 0.3) is 0 Å². The lowest BCUT2D eigenvalue weighted by Crippen LogP contribution is -1.99. The van der Waals surface area contributed by atoms with Crippen molar-refractivity contribution >= 4 is 27.5 Å². The number of aromatic nitrogens is 2. The van der Waals surface area contributed by atoms with Crippen LogP contribution >= 0.6 is 27.5 Å². The van der Waals surface area contributed by atoms with Crippen LogP contribution in [-0.2, 0) is 0 Å². The van der Waals surface area contributed by atoms with Crippen molar-refractivity contribution in [2.75, 3.05) is 7.11 Å². The van der Waals surface area contributed by atoms with E-state index >= 15 is 0 Å². The van der Waals surface area contributed by atoms with E-state index in [1.807, 2.05) is 18.2 Å². The normalized spacial score (nSPS) is 10.7. The molecule has 20 heavy (non-hydrogen) atoms. The molecule has 0 aliphatic rings. The zero-order valence-corrected chi connectivity index (χ0v) is 13.7. The molecule has 0 radical (unpaired) electrons. The summed E-state index contributed by atoms with van der Waals surface area (Å²) in [5.41, 5.74) is 1.07. The third-order valence-electron chi connectivity index (χ3n) is 2.73. The average molecular weight is 358 g/mol. The highest BCUT2D eigenvalue weighted by atomic mass is 79.9. The Morgan fingerprint density at radius 1 is 1.25 bits per heavy atom. The number of ether oxygens (including phenoxy) is 2. The van der Waals surface area contributed by atoms with Crippen molar-refractivity contribution in [2.24, 2.45) is 0 Å². The SMILES string of the molecule is COc1c(Cl)ncnc1Oc1ccc(Br)cc1C(C)C. The van der Waals surface area contributed by atoms with Gasteiger partial charge in [0.15, 0.2) is 5.15 Å². The summed E-state index contributed by atoms with van der Waals surface area (Å²) >= 11 is 9.42. The van der Waals surface area contributed by atoms with Gasteiger partial charge in [-0.05, 0) is 29.7 Å². The van der Waals surface area contributed by atoms with Gasteiger partial charge in [0.25, 0.3) is 5.88 Å². The summed E-state index contributed by atoms with van der Waals surface area (Å²) in [6.45, 7) is 4.19. The van der Waals surface area contributed by atoms with E-state index in [9.17, 15) is 0 Å². The van der Waals surface area contributed by atoms with Crippen molar-refractivity contribution in [3.05, 3.63) is 39.7 Å². The highest BCUT2D eigenvalue weighted by molar-refractivity contribution is 9.10. The maximum absolute atomic E-state index is 5.96. The summed E-state index contributed by atoms with van der Waals surface area (Å²) in [5, 5.41) is 0.223. The topological polar surface area (TPSA) is 44.2 Å². The number of methoxy groups -OCH3 is 1. The first kappa shape index (κ1) is 15.1. The van der Waals surface area contributed by atoms with Gasteiger partial charge in [-0.15, -0.1) is 0 Å². The standard InChI is InChI=1S/C14H14BrClN2O2/c1-8(2)10-6-9(15)4-5-11(10)20-14-12(19-3)13(16)17-7-18-14/h4-8H,1-3H3. The molecule has 1 aromatic carbocycles. The summed E-state index contributed by atoms with van der Waals surface area (Å²) in [4.78, 5) is 7.94. The van der Waals surface area contributed by atoms with Gasteiger partial charge in [-0.2, -0.15) is 4.98 Å². The van der Waals surface area contributed by atoms with E-state index in [2.05, 4.69) is 39.7 Å². The maximum Gasteiger partial charge on any atom is 0.267 e. The number of halogens is 2. The van der Waals surface area contributed by atoms with E-state index in [1.165, 1.54) is 13.4 Å². The monoisotopic (exact) mass is 356 g/mol. The van der Waals surface area contributed by atoms with Crippen molar-refractivity contribution in [3.8, 4) is 17.4 Å². The van der Waals surface area contributed by atoms with Gasteiger partial charge in [0.05, 0.1) is 7.11 Å². The van der Waals surface area contributed by atoms with Crippen LogP contribution in [0.3, 0.4) is 0 Å². The number of benzene rings is 1. The fourth-order valence-electron chi connectivity index (χ4n) is 1.75. The third-order valence-corrected chi connectivity index (χ3v) is 3.49. The summed E-state index contributed by atoms with van der Waals surface area (Å²) in [5.74, 6) is 1.66. The molecular weight excluding hydrogens is 344 g/mol. The molecule has 0 amide bonds. The predicted octanol–water partition coefficient (Wildman–Crippen LogP) is 4.82. The van der Waals surface area contributed by atoms with E-state index < -0.39 is 0 Å². The van der Waals surface area contributed by atoms with Gasteiger partial charge in [0.1, 0.15) is 12.1 Å². The van der Waals surface area contributed by atoms with E-state index in [0.29, 0.717) is 17.5 Å². The first-order valence-electron chi connectivity index (χ1n) is 6.04. The first-order valence-corrected chi connectivity index (χ1v) is 7.21. The lowest BCUT2D eigenvalue weighted by molar-refractivity contribution is 0.365. The molecule has 2 rings (SSSR count). The average Bonchev–Trinajstić information content (AvgIpc) is 2.41. The summed E-state index contributed by atoms with van der Waals surface area (Å²) in [7, 11) is 1.50. The zero-order chi connectivity index (χ0) is 14.7. The molecule has 1 heterocycles. The smallest absolute Gasteiger partial charge is 0.267 e. The van der Waals surface area contributed by atoms with E-state index in [4.69, 9.17) is 21.1 Å². The van der Waals surface area contributed by atoms with Gasteiger partial charge in [-0.3, -0.25) is 0 Å². The molecule has 6 heteroatoms. The lowest BCUT2D eigenvalue weighted by Gasteiger charge is -2.15. The Labute approximate surface area is 131 Å². The van der Waals surface area contributed by atoms with Crippen LogP contribution in [0.2, 0.25) is 5.15 Å². The Hall–Kier alpha value is -1.33. The molecule has 0 N–H and O–H groups in total. The third kappa shape index (κ3) is 3.22. The molecular formula is C14H14BrClN2O2. The quantitative estimate of drug-likeness (QED) is 0.736. The fraction of sp³-hybridized carbons (Fsp3) is 0.286. The Morgan fingerprint density at radius 3 is 2.65 bits per heavy atom. The minimum atomic E-state index is 0.223. The first-order chi connectivity index (χ1) is 9.52. The van der Waals surface area contributed by atoms with Crippen molar-refractivity contribution in [1.29, 1.82) is 0 Å². The van der Waals surface area contributed by atoms with E-state index in [0.717, 1.165) is 15.8 Å².